The molecular weight excluding hydrogens is 320 g/mol. The molecule has 7 heteroatoms. The van der Waals surface area contributed by atoms with Crippen LogP contribution in [0.1, 0.15) is 23.6 Å². The molecule has 1 fully saturated rings. The van der Waals surface area contributed by atoms with E-state index < -0.39 is 17.6 Å². The Hall–Kier alpha value is -1.11. The van der Waals surface area contributed by atoms with E-state index in [1.54, 1.807) is 6.08 Å². The summed E-state index contributed by atoms with van der Waals surface area (Å²) in [7, 11) is 0. The summed E-state index contributed by atoms with van der Waals surface area (Å²) in [6.07, 6.45) is -2.35. The van der Waals surface area contributed by atoms with Crippen molar-refractivity contribution in [1.82, 2.24) is 10.2 Å². The molecule has 0 amide bonds. The summed E-state index contributed by atoms with van der Waals surface area (Å²) < 4.78 is 51.9. The van der Waals surface area contributed by atoms with E-state index in [4.69, 9.17) is 0 Å². The van der Waals surface area contributed by atoms with Crippen molar-refractivity contribution in [2.24, 2.45) is 0 Å². The lowest BCUT2D eigenvalue weighted by Gasteiger charge is -2.35. The van der Waals surface area contributed by atoms with Crippen LogP contribution in [0.5, 0.6) is 0 Å². The van der Waals surface area contributed by atoms with Crippen molar-refractivity contribution >= 4 is 12.4 Å². The first-order valence-corrected chi connectivity index (χ1v) is 6.86. The van der Waals surface area contributed by atoms with Gasteiger partial charge in [0.15, 0.2) is 0 Å². The Morgan fingerprint density at radius 2 is 1.91 bits per heavy atom. The van der Waals surface area contributed by atoms with Crippen molar-refractivity contribution in [3.05, 3.63) is 47.8 Å². The molecule has 2 rings (SSSR count). The van der Waals surface area contributed by atoms with Gasteiger partial charge in [0.2, 0.25) is 0 Å². The highest BCUT2D eigenvalue weighted by molar-refractivity contribution is 5.85. The van der Waals surface area contributed by atoms with E-state index in [0.717, 1.165) is 32.2 Å². The zero-order valence-corrected chi connectivity index (χ0v) is 12.8. The Labute approximate surface area is 133 Å². The Morgan fingerprint density at radius 3 is 2.41 bits per heavy atom. The fraction of sp³-hybridized carbons (Fsp3) is 0.467. The molecule has 0 aliphatic carbocycles. The summed E-state index contributed by atoms with van der Waals surface area (Å²) in [5, 5.41) is 3.20. The lowest BCUT2D eigenvalue weighted by atomic mass is 9.99. The van der Waals surface area contributed by atoms with Crippen molar-refractivity contribution in [2.45, 2.75) is 18.6 Å². The number of nitrogens with zero attached hydrogens (tertiary/aromatic N) is 1. The summed E-state index contributed by atoms with van der Waals surface area (Å²) >= 11 is 0. The second-order valence-electron chi connectivity index (χ2n) is 5.06. The van der Waals surface area contributed by atoms with Crippen LogP contribution in [-0.4, -0.2) is 31.1 Å². The molecule has 1 N–H and O–H groups in total. The maximum absolute atomic E-state index is 14.1. The van der Waals surface area contributed by atoms with Crippen LogP contribution < -0.4 is 5.32 Å². The molecule has 0 aromatic heterocycles. The molecule has 1 atom stereocenters. The first-order chi connectivity index (χ1) is 9.93. The van der Waals surface area contributed by atoms with Crippen molar-refractivity contribution in [2.75, 3.05) is 26.2 Å². The number of nitrogens with one attached hydrogen (secondary N) is 1. The van der Waals surface area contributed by atoms with Crippen molar-refractivity contribution < 1.29 is 17.6 Å². The van der Waals surface area contributed by atoms with Gasteiger partial charge in [0.25, 0.3) is 0 Å². The maximum Gasteiger partial charge on any atom is 0.416 e. The predicted octanol–water partition coefficient (Wildman–Crippen LogP) is 3.79. The standard InChI is InChI=1S/C15H18F4N2.ClH/c1-2-3-14(21-8-6-20-7-9-21)12-5-4-11(10-13(12)16)15(17,18)19;/h2,4-5,10,14,20H,1,3,6-9H2;1H/t14-;/m0./s1. The summed E-state index contributed by atoms with van der Waals surface area (Å²) in [6, 6.07) is 2.49. The first kappa shape index (κ1) is 18.9. The minimum absolute atomic E-state index is 0. The van der Waals surface area contributed by atoms with Gasteiger partial charge in [0.1, 0.15) is 5.82 Å². The van der Waals surface area contributed by atoms with Crippen LogP contribution in [0, 0.1) is 5.82 Å². The number of alkyl halides is 3. The summed E-state index contributed by atoms with van der Waals surface area (Å²) in [5.74, 6) is -0.810. The van der Waals surface area contributed by atoms with Gasteiger partial charge in [-0.1, -0.05) is 12.1 Å². The van der Waals surface area contributed by atoms with Gasteiger partial charge < -0.3 is 5.32 Å². The molecule has 0 bridgehead atoms. The van der Waals surface area contributed by atoms with Crippen LogP contribution in [0.2, 0.25) is 0 Å². The smallest absolute Gasteiger partial charge is 0.314 e. The summed E-state index contributed by atoms with van der Waals surface area (Å²) in [6.45, 7) is 6.71. The highest BCUT2D eigenvalue weighted by atomic mass is 35.5. The predicted molar refractivity (Wildman–Crippen MR) is 80.6 cm³/mol. The molecule has 1 saturated heterocycles. The van der Waals surface area contributed by atoms with Gasteiger partial charge in [-0.3, -0.25) is 4.90 Å². The SMILES string of the molecule is C=CC[C@@H](c1ccc(C(F)(F)F)cc1F)N1CCNCC1.Cl. The zero-order chi connectivity index (χ0) is 15.5. The quantitative estimate of drug-likeness (QED) is 0.664. The largest absolute Gasteiger partial charge is 0.416 e. The van der Waals surface area contributed by atoms with Crippen LogP contribution >= 0.6 is 12.4 Å². The fourth-order valence-electron chi connectivity index (χ4n) is 2.60. The van der Waals surface area contributed by atoms with Crippen LogP contribution in [0.25, 0.3) is 0 Å². The second-order valence-corrected chi connectivity index (χ2v) is 5.06. The topological polar surface area (TPSA) is 15.3 Å². The highest BCUT2D eigenvalue weighted by Gasteiger charge is 2.32. The normalized spacial score (nSPS) is 17.6. The van der Waals surface area contributed by atoms with Crippen molar-refractivity contribution in [3.63, 3.8) is 0 Å². The molecule has 22 heavy (non-hydrogen) atoms. The van der Waals surface area contributed by atoms with Crippen LogP contribution in [0.15, 0.2) is 30.9 Å². The van der Waals surface area contributed by atoms with E-state index in [-0.39, 0.29) is 18.4 Å². The third-order valence-corrected chi connectivity index (χ3v) is 3.67. The molecule has 2 nitrogen and oxygen atoms in total. The van der Waals surface area contributed by atoms with Crippen LogP contribution in [0.4, 0.5) is 17.6 Å². The molecular formula is C15H19ClF4N2. The monoisotopic (exact) mass is 338 g/mol. The van der Waals surface area contributed by atoms with E-state index >= 15 is 0 Å². The van der Waals surface area contributed by atoms with Gasteiger partial charge in [-0.2, -0.15) is 13.2 Å². The Kier molecular flexibility index (Phi) is 6.84. The van der Waals surface area contributed by atoms with Gasteiger partial charge >= 0.3 is 6.18 Å². The molecule has 0 saturated carbocycles. The fourth-order valence-corrected chi connectivity index (χ4v) is 2.60. The average Bonchev–Trinajstić information content (AvgIpc) is 2.45. The molecule has 1 heterocycles. The minimum Gasteiger partial charge on any atom is -0.314 e. The van der Waals surface area contributed by atoms with Crippen LogP contribution in [0.3, 0.4) is 0 Å². The third kappa shape index (κ3) is 4.44. The van der Waals surface area contributed by atoms with Gasteiger partial charge in [-0.05, 0) is 18.6 Å². The zero-order valence-electron chi connectivity index (χ0n) is 12.0. The van der Waals surface area contributed by atoms with E-state index in [1.165, 1.54) is 6.07 Å². The van der Waals surface area contributed by atoms with E-state index in [2.05, 4.69) is 16.8 Å². The number of rotatable bonds is 4. The van der Waals surface area contributed by atoms with E-state index in [9.17, 15) is 17.6 Å². The lowest BCUT2D eigenvalue weighted by Crippen LogP contribution is -2.45. The van der Waals surface area contributed by atoms with Crippen LogP contribution in [-0.2, 0) is 6.18 Å². The van der Waals surface area contributed by atoms with Crippen molar-refractivity contribution in [1.29, 1.82) is 0 Å². The van der Waals surface area contributed by atoms with Gasteiger partial charge in [-0.15, -0.1) is 19.0 Å². The maximum atomic E-state index is 14.1. The molecule has 0 radical (unpaired) electrons. The van der Waals surface area contributed by atoms with E-state index in [1.807, 2.05) is 0 Å². The molecule has 1 aromatic carbocycles. The Bertz CT molecular complexity index is 499. The molecule has 0 spiro atoms. The number of hydrogen-bond donors (Lipinski definition) is 1. The molecule has 0 unspecified atom stereocenters. The highest BCUT2D eigenvalue weighted by Crippen LogP contribution is 2.33. The number of halogens is 5. The van der Waals surface area contributed by atoms with Gasteiger partial charge in [0, 0.05) is 37.8 Å². The summed E-state index contributed by atoms with van der Waals surface area (Å²) in [5.41, 5.74) is -0.661. The Morgan fingerprint density at radius 1 is 1.27 bits per heavy atom. The molecule has 1 aliphatic heterocycles. The number of benzene rings is 1. The second kappa shape index (κ2) is 7.94. The molecule has 1 aliphatic rings. The molecule has 124 valence electrons. The van der Waals surface area contributed by atoms with Crippen molar-refractivity contribution in [3.8, 4) is 0 Å². The van der Waals surface area contributed by atoms with Gasteiger partial charge in [0.05, 0.1) is 5.56 Å². The van der Waals surface area contributed by atoms with Gasteiger partial charge in [-0.25, -0.2) is 4.39 Å². The van der Waals surface area contributed by atoms with E-state index in [0.29, 0.717) is 18.1 Å². The first-order valence-electron chi connectivity index (χ1n) is 6.86. The third-order valence-electron chi connectivity index (χ3n) is 3.67. The Balaban J connectivity index is 0.00000242. The number of piperazine rings is 1. The minimum atomic E-state index is -4.53. The lowest BCUT2D eigenvalue weighted by molar-refractivity contribution is -0.137. The summed E-state index contributed by atoms with van der Waals surface area (Å²) in [4.78, 5) is 2.07. The number of hydrogen-bond acceptors (Lipinski definition) is 2. The molecule has 1 aromatic rings. The average molecular weight is 339 g/mol.